The van der Waals surface area contributed by atoms with Crippen LogP contribution in [0, 0.1) is 0 Å². The SMILES string of the molecule is CCCNC(=O)C(=O)NC(CC)c1ccc2c(c1)CCCC2. The molecule has 1 aliphatic carbocycles. The summed E-state index contributed by atoms with van der Waals surface area (Å²) in [6.45, 7) is 4.51. The van der Waals surface area contributed by atoms with Crippen molar-refractivity contribution in [2.45, 2.75) is 58.4 Å². The van der Waals surface area contributed by atoms with Gasteiger partial charge in [0, 0.05) is 6.54 Å². The van der Waals surface area contributed by atoms with Gasteiger partial charge in [0.15, 0.2) is 0 Å². The number of rotatable bonds is 5. The molecule has 0 fully saturated rings. The number of amides is 2. The molecule has 0 saturated heterocycles. The van der Waals surface area contributed by atoms with Crippen LogP contribution < -0.4 is 10.6 Å². The van der Waals surface area contributed by atoms with Crippen molar-refractivity contribution < 1.29 is 9.59 Å². The number of nitrogens with one attached hydrogen (secondary N) is 2. The van der Waals surface area contributed by atoms with Gasteiger partial charge >= 0.3 is 11.8 Å². The summed E-state index contributed by atoms with van der Waals surface area (Å²) >= 11 is 0. The molecule has 1 atom stereocenters. The van der Waals surface area contributed by atoms with Crippen LogP contribution in [0.1, 0.15) is 62.3 Å². The van der Waals surface area contributed by atoms with Crippen molar-refractivity contribution in [3.8, 4) is 0 Å². The van der Waals surface area contributed by atoms with E-state index in [2.05, 4.69) is 28.8 Å². The van der Waals surface area contributed by atoms with Crippen LogP contribution in [-0.4, -0.2) is 18.4 Å². The van der Waals surface area contributed by atoms with Crippen molar-refractivity contribution in [3.63, 3.8) is 0 Å². The fourth-order valence-electron chi connectivity index (χ4n) is 2.93. The Morgan fingerprint density at radius 1 is 1.09 bits per heavy atom. The zero-order valence-electron chi connectivity index (χ0n) is 13.6. The summed E-state index contributed by atoms with van der Waals surface area (Å²) in [5.41, 5.74) is 3.92. The first-order valence-corrected chi connectivity index (χ1v) is 8.36. The van der Waals surface area contributed by atoms with Gasteiger partial charge in [-0.2, -0.15) is 0 Å². The summed E-state index contributed by atoms with van der Waals surface area (Å²) in [6.07, 6.45) is 6.35. The Labute approximate surface area is 132 Å². The highest BCUT2D eigenvalue weighted by Gasteiger charge is 2.19. The summed E-state index contributed by atoms with van der Waals surface area (Å²) in [4.78, 5) is 23.7. The van der Waals surface area contributed by atoms with Gasteiger partial charge in [0.25, 0.3) is 0 Å². The van der Waals surface area contributed by atoms with Crippen molar-refractivity contribution in [2.75, 3.05) is 6.54 Å². The molecular weight excluding hydrogens is 276 g/mol. The minimum absolute atomic E-state index is 0.105. The van der Waals surface area contributed by atoms with E-state index in [9.17, 15) is 9.59 Å². The predicted molar refractivity (Wildman–Crippen MR) is 87.6 cm³/mol. The van der Waals surface area contributed by atoms with Crippen molar-refractivity contribution in [1.29, 1.82) is 0 Å². The van der Waals surface area contributed by atoms with Gasteiger partial charge in [-0.25, -0.2) is 0 Å². The van der Waals surface area contributed by atoms with E-state index >= 15 is 0 Å². The van der Waals surface area contributed by atoms with Crippen LogP contribution in [0.5, 0.6) is 0 Å². The number of hydrogen-bond acceptors (Lipinski definition) is 2. The quantitative estimate of drug-likeness (QED) is 0.822. The second-order valence-corrected chi connectivity index (χ2v) is 5.93. The Bertz CT molecular complexity index is 540. The maximum absolute atomic E-state index is 12.0. The predicted octanol–water partition coefficient (Wildman–Crippen LogP) is 2.66. The summed E-state index contributed by atoms with van der Waals surface area (Å²) in [7, 11) is 0. The normalized spacial score (nSPS) is 14.8. The minimum Gasteiger partial charge on any atom is -0.348 e. The first-order chi connectivity index (χ1) is 10.7. The minimum atomic E-state index is -0.543. The van der Waals surface area contributed by atoms with Crippen molar-refractivity contribution >= 4 is 11.8 Å². The standard InChI is InChI=1S/C18H26N2O2/c1-3-11-19-17(21)18(22)20-16(4-2)15-10-9-13-7-5-6-8-14(13)12-15/h9-10,12,16H,3-8,11H2,1-2H3,(H,19,21)(H,20,22). The lowest BCUT2D eigenvalue weighted by molar-refractivity contribution is -0.139. The molecule has 2 amide bonds. The molecule has 1 aromatic carbocycles. The summed E-state index contributed by atoms with van der Waals surface area (Å²) in [5.74, 6) is -1.09. The number of fused-ring (bicyclic) bond motifs is 1. The summed E-state index contributed by atoms with van der Waals surface area (Å²) < 4.78 is 0. The molecule has 0 aliphatic heterocycles. The van der Waals surface area contributed by atoms with Crippen LogP contribution in [0.2, 0.25) is 0 Å². The van der Waals surface area contributed by atoms with Crippen molar-refractivity contribution in [2.24, 2.45) is 0 Å². The van der Waals surface area contributed by atoms with Gasteiger partial charge in [-0.15, -0.1) is 0 Å². The van der Waals surface area contributed by atoms with Crippen LogP contribution in [0.3, 0.4) is 0 Å². The topological polar surface area (TPSA) is 58.2 Å². The number of hydrogen-bond donors (Lipinski definition) is 2. The molecule has 0 radical (unpaired) electrons. The van der Waals surface area contributed by atoms with Gasteiger partial charge in [-0.05, 0) is 55.2 Å². The zero-order valence-corrected chi connectivity index (χ0v) is 13.6. The highest BCUT2D eigenvalue weighted by molar-refractivity contribution is 6.35. The smallest absolute Gasteiger partial charge is 0.309 e. The Balaban J connectivity index is 2.05. The van der Waals surface area contributed by atoms with Gasteiger partial charge in [0.2, 0.25) is 0 Å². The first kappa shape index (κ1) is 16.5. The number of aryl methyl sites for hydroxylation is 2. The molecule has 22 heavy (non-hydrogen) atoms. The Hall–Kier alpha value is -1.84. The molecule has 120 valence electrons. The van der Waals surface area contributed by atoms with E-state index in [0.717, 1.165) is 31.2 Å². The fraction of sp³-hybridized carbons (Fsp3) is 0.556. The highest BCUT2D eigenvalue weighted by atomic mass is 16.2. The van der Waals surface area contributed by atoms with E-state index in [1.54, 1.807) is 0 Å². The average Bonchev–Trinajstić information content (AvgIpc) is 2.56. The van der Waals surface area contributed by atoms with Gasteiger partial charge < -0.3 is 10.6 Å². The number of carbonyl (C=O) groups is 2. The third-order valence-corrected chi connectivity index (χ3v) is 4.23. The molecule has 1 unspecified atom stereocenters. The third-order valence-electron chi connectivity index (χ3n) is 4.23. The molecule has 0 aromatic heterocycles. The van der Waals surface area contributed by atoms with E-state index in [1.165, 1.54) is 24.0 Å². The molecule has 2 N–H and O–H groups in total. The van der Waals surface area contributed by atoms with Crippen LogP contribution >= 0.6 is 0 Å². The molecule has 4 heteroatoms. The lowest BCUT2D eigenvalue weighted by atomic mass is 9.89. The average molecular weight is 302 g/mol. The lowest BCUT2D eigenvalue weighted by Gasteiger charge is -2.21. The molecule has 0 spiro atoms. The Morgan fingerprint density at radius 3 is 2.50 bits per heavy atom. The van der Waals surface area contributed by atoms with E-state index < -0.39 is 11.8 Å². The third kappa shape index (κ3) is 4.09. The second kappa shape index (κ2) is 7.97. The van der Waals surface area contributed by atoms with Crippen molar-refractivity contribution in [1.82, 2.24) is 10.6 Å². The van der Waals surface area contributed by atoms with Gasteiger partial charge in [-0.1, -0.05) is 32.0 Å². The number of benzene rings is 1. The second-order valence-electron chi connectivity index (χ2n) is 5.93. The number of carbonyl (C=O) groups excluding carboxylic acids is 2. The molecule has 0 bridgehead atoms. The maximum atomic E-state index is 12.0. The summed E-state index contributed by atoms with van der Waals surface area (Å²) in [6, 6.07) is 6.36. The van der Waals surface area contributed by atoms with E-state index in [0.29, 0.717) is 6.54 Å². The molecule has 2 rings (SSSR count). The molecule has 4 nitrogen and oxygen atoms in total. The largest absolute Gasteiger partial charge is 0.348 e. The van der Waals surface area contributed by atoms with Crippen LogP contribution in [-0.2, 0) is 22.4 Å². The maximum Gasteiger partial charge on any atom is 0.309 e. The monoisotopic (exact) mass is 302 g/mol. The first-order valence-electron chi connectivity index (χ1n) is 8.36. The molecule has 1 aromatic rings. The zero-order chi connectivity index (χ0) is 15.9. The van der Waals surface area contributed by atoms with Crippen LogP contribution in [0.25, 0.3) is 0 Å². The van der Waals surface area contributed by atoms with E-state index in [-0.39, 0.29) is 6.04 Å². The Morgan fingerprint density at radius 2 is 1.82 bits per heavy atom. The van der Waals surface area contributed by atoms with Crippen LogP contribution in [0.4, 0.5) is 0 Å². The van der Waals surface area contributed by atoms with Gasteiger partial charge in [0.1, 0.15) is 0 Å². The lowest BCUT2D eigenvalue weighted by Crippen LogP contribution is -2.41. The molecule has 0 heterocycles. The molecular formula is C18H26N2O2. The molecule has 0 saturated carbocycles. The summed E-state index contributed by atoms with van der Waals surface area (Å²) in [5, 5.41) is 5.46. The fourth-order valence-corrected chi connectivity index (χ4v) is 2.93. The molecule has 1 aliphatic rings. The van der Waals surface area contributed by atoms with Crippen molar-refractivity contribution in [3.05, 3.63) is 34.9 Å². The van der Waals surface area contributed by atoms with Crippen LogP contribution in [0.15, 0.2) is 18.2 Å². The Kier molecular flexibility index (Phi) is 5.99. The van der Waals surface area contributed by atoms with E-state index in [4.69, 9.17) is 0 Å². The van der Waals surface area contributed by atoms with Gasteiger partial charge in [0.05, 0.1) is 6.04 Å². The highest BCUT2D eigenvalue weighted by Crippen LogP contribution is 2.25. The van der Waals surface area contributed by atoms with E-state index in [1.807, 2.05) is 13.8 Å². The van der Waals surface area contributed by atoms with Gasteiger partial charge in [-0.3, -0.25) is 9.59 Å².